The molecule has 0 amide bonds. The highest BCUT2D eigenvalue weighted by atomic mass is 16.7. The zero-order chi connectivity index (χ0) is 36.1. The number of rotatable bonds is 5. The van der Waals surface area contributed by atoms with Gasteiger partial charge in [0.1, 0.15) is 30.5 Å². The third-order valence-electron chi connectivity index (χ3n) is 15.9. The van der Waals surface area contributed by atoms with Crippen molar-refractivity contribution in [2.45, 2.75) is 167 Å². The minimum absolute atomic E-state index is 0.0777. The fourth-order valence-corrected chi connectivity index (χ4v) is 13.8. The molecule has 7 fully saturated rings. The molecule has 2 saturated heterocycles. The lowest BCUT2D eigenvalue weighted by Crippen LogP contribution is -2.64. The van der Waals surface area contributed by atoms with E-state index < -0.39 is 88.5 Å². The number of carbonyl (C=O) groups is 1. The lowest BCUT2D eigenvalue weighted by Gasteiger charge is -2.64. The molecule has 5 aliphatic carbocycles. The van der Waals surface area contributed by atoms with E-state index in [1.165, 1.54) is 6.92 Å². The van der Waals surface area contributed by atoms with Crippen molar-refractivity contribution in [2.75, 3.05) is 6.61 Å². The summed E-state index contributed by atoms with van der Waals surface area (Å²) >= 11 is 0. The Morgan fingerprint density at radius 3 is 2.22 bits per heavy atom. The molecule has 2 heterocycles. The lowest BCUT2D eigenvalue weighted by atomic mass is 9.40. The Balaban J connectivity index is 1.19. The van der Waals surface area contributed by atoms with Crippen molar-refractivity contribution in [1.29, 1.82) is 0 Å². The highest BCUT2D eigenvalue weighted by molar-refractivity contribution is 5.66. The Hall–Kier alpha value is -0.930. The van der Waals surface area contributed by atoms with E-state index in [2.05, 4.69) is 20.8 Å². The second-order valence-corrected chi connectivity index (χ2v) is 18.9. The first kappa shape index (κ1) is 36.4. The summed E-state index contributed by atoms with van der Waals surface area (Å²) in [5.41, 5.74) is -3.73. The summed E-state index contributed by atoms with van der Waals surface area (Å²) in [4.78, 5) is 12.1. The summed E-state index contributed by atoms with van der Waals surface area (Å²) in [5, 5.41) is 79.3. The van der Waals surface area contributed by atoms with Crippen LogP contribution < -0.4 is 0 Å². The minimum atomic E-state index is -1.98. The minimum Gasteiger partial charge on any atom is -0.457 e. The monoisotopic (exact) mass is 696 g/mol. The van der Waals surface area contributed by atoms with Crippen molar-refractivity contribution in [3.8, 4) is 0 Å². The number of fused-ring (bicyclic) bond motifs is 4. The first-order valence-corrected chi connectivity index (χ1v) is 18.5. The predicted molar refractivity (Wildman–Crippen MR) is 173 cm³/mol. The molecule has 0 radical (unpaired) electrons. The van der Waals surface area contributed by atoms with Gasteiger partial charge in [-0.05, 0) is 98.2 Å². The SMILES string of the molecule is CC(=O)O[C@@H]([C@H]1C[C@@H](C)[C@H]2[C@@](O)(O1)[C@H](O)[C@@]1(C)[C@@H]3[C@@H](O)C[C@@H]4C(C)(C)[C@@H](O[C@@H]5OC[C@@H](O)[C@@H](O)[C@@H]5O)CC[C@@]45C[C@@]35CC[C@]21C)C(C)(C)O. The quantitative estimate of drug-likeness (QED) is 0.162. The van der Waals surface area contributed by atoms with Crippen molar-refractivity contribution < 1.29 is 59.5 Å². The fourth-order valence-electron chi connectivity index (χ4n) is 13.8. The largest absolute Gasteiger partial charge is 0.457 e. The summed E-state index contributed by atoms with van der Waals surface area (Å²) in [6, 6.07) is 0. The molecule has 7 aliphatic rings. The Morgan fingerprint density at radius 2 is 1.59 bits per heavy atom. The first-order valence-electron chi connectivity index (χ1n) is 18.5. The van der Waals surface area contributed by atoms with Gasteiger partial charge in [0.2, 0.25) is 0 Å². The molecular formula is C37H60O12. The second kappa shape index (κ2) is 11.1. The van der Waals surface area contributed by atoms with Gasteiger partial charge >= 0.3 is 5.97 Å². The van der Waals surface area contributed by atoms with Gasteiger partial charge in [0.15, 0.2) is 18.2 Å². The van der Waals surface area contributed by atoms with Crippen molar-refractivity contribution in [3.63, 3.8) is 0 Å². The van der Waals surface area contributed by atoms with Gasteiger partial charge in [-0.2, -0.15) is 0 Å². The van der Waals surface area contributed by atoms with Crippen molar-refractivity contribution >= 4 is 5.97 Å². The average molecular weight is 697 g/mol. The maximum Gasteiger partial charge on any atom is 0.303 e. The van der Waals surface area contributed by atoms with Crippen molar-refractivity contribution in [3.05, 3.63) is 0 Å². The van der Waals surface area contributed by atoms with E-state index in [0.29, 0.717) is 19.3 Å². The smallest absolute Gasteiger partial charge is 0.303 e. The topological polar surface area (TPSA) is 196 Å². The van der Waals surface area contributed by atoms with Crippen LogP contribution in [0.1, 0.15) is 100 Å². The number of aliphatic hydroxyl groups is 7. The summed E-state index contributed by atoms with van der Waals surface area (Å²) in [5.74, 6) is -3.38. The molecule has 0 aromatic heterocycles. The van der Waals surface area contributed by atoms with E-state index >= 15 is 0 Å². The van der Waals surface area contributed by atoms with Gasteiger partial charge in [0, 0.05) is 18.3 Å². The number of hydrogen-bond acceptors (Lipinski definition) is 12. The van der Waals surface area contributed by atoms with Crippen molar-refractivity contribution in [1.82, 2.24) is 0 Å². The molecule has 18 atom stereocenters. The predicted octanol–water partition coefficient (Wildman–Crippen LogP) is 1.62. The molecular weight excluding hydrogens is 636 g/mol. The van der Waals surface area contributed by atoms with E-state index in [-0.39, 0.29) is 41.3 Å². The third-order valence-corrected chi connectivity index (χ3v) is 15.9. The molecule has 7 rings (SSSR count). The maximum atomic E-state index is 12.6. The number of aliphatic hydroxyl groups excluding tert-OH is 5. The van der Waals surface area contributed by atoms with Crippen LogP contribution >= 0.6 is 0 Å². The highest BCUT2D eigenvalue weighted by Crippen LogP contribution is 2.89. The van der Waals surface area contributed by atoms with Crippen LogP contribution in [0.15, 0.2) is 0 Å². The Morgan fingerprint density at radius 1 is 0.918 bits per heavy atom. The summed E-state index contributed by atoms with van der Waals surface area (Å²) < 4.78 is 24.1. The van der Waals surface area contributed by atoms with Gasteiger partial charge in [-0.15, -0.1) is 0 Å². The molecule has 2 spiro atoms. The third kappa shape index (κ3) is 4.61. The zero-order valence-corrected chi connectivity index (χ0v) is 30.3. The Labute approximate surface area is 289 Å². The highest BCUT2D eigenvalue weighted by Gasteiger charge is 2.88. The summed E-state index contributed by atoms with van der Waals surface area (Å²) in [6.45, 7) is 14.8. The molecule has 280 valence electrons. The van der Waals surface area contributed by atoms with E-state index in [4.69, 9.17) is 18.9 Å². The standard InChI is InChI=1S/C37H60O12/c1-17-13-21(28(32(5,6)44)47-18(2)38)49-37(45)26(17)33(7)11-12-36-16-35(36)10-9-23(48-29-25(42)24(41)20(40)15-46-29)31(3,4)22(35)14-19(39)27(36)34(33,8)30(37)43/h17,19-30,39-45H,9-16H2,1-8H3/t17-,19+,20-,21-,22-,23+,24-,25+,26-,27+,28+,29+,30-,33-,34-,35-,36+,37-/m1/s1. The van der Waals surface area contributed by atoms with Crippen LogP contribution in [0, 0.1) is 50.7 Å². The number of esters is 1. The number of ether oxygens (including phenoxy) is 4. The second-order valence-electron chi connectivity index (χ2n) is 18.9. The number of carbonyl (C=O) groups excluding carboxylic acids is 1. The van der Waals surface area contributed by atoms with Crippen LogP contribution in [-0.4, -0.2) is 115 Å². The molecule has 12 heteroatoms. The van der Waals surface area contributed by atoms with E-state index in [0.717, 1.165) is 25.7 Å². The van der Waals surface area contributed by atoms with E-state index in [9.17, 15) is 40.5 Å². The van der Waals surface area contributed by atoms with Gasteiger partial charge < -0.3 is 54.7 Å². The van der Waals surface area contributed by atoms with Crippen LogP contribution in [0.5, 0.6) is 0 Å². The molecule has 2 aliphatic heterocycles. The maximum absolute atomic E-state index is 12.6. The first-order chi connectivity index (χ1) is 22.5. The molecule has 0 unspecified atom stereocenters. The Bertz CT molecular complexity index is 1330. The Kier molecular flexibility index (Phi) is 8.22. The molecule has 0 aromatic rings. The normalized spacial score (nSPS) is 56.7. The van der Waals surface area contributed by atoms with Gasteiger partial charge in [0.05, 0.1) is 24.4 Å². The van der Waals surface area contributed by atoms with Gasteiger partial charge in [0.25, 0.3) is 0 Å². The molecule has 0 bridgehead atoms. The van der Waals surface area contributed by atoms with Crippen molar-refractivity contribution in [2.24, 2.45) is 50.7 Å². The molecule has 12 nitrogen and oxygen atoms in total. The van der Waals surface area contributed by atoms with E-state index in [1.54, 1.807) is 13.8 Å². The van der Waals surface area contributed by atoms with Gasteiger partial charge in [-0.3, -0.25) is 4.79 Å². The van der Waals surface area contributed by atoms with Crippen LogP contribution in [0.3, 0.4) is 0 Å². The molecule has 7 N–H and O–H groups in total. The van der Waals surface area contributed by atoms with Crippen LogP contribution in [-0.2, 0) is 23.7 Å². The fraction of sp³-hybridized carbons (Fsp3) is 0.973. The van der Waals surface area contributed by atoms with Crippen LogP contribution in [0.2, 0.25) is 0 Å². The molecule has 5 saturated carbocycles. The number of hydrogen-bond donors (Lipinski definition) is 7. The average Bonchev–Trinajstić information content (AvgIpc) is 3.61. The van der Waals surface area contributed by atoms with Crippen LogP contribution in [0.25, 0.3) is 0 Å². The summed E-state index contributed by atoms with van der Waals surface area (Å²) in [7, 11) is 0. The van der Waals surface area contributed by atoms with Gasteiger partial charge in [-0.25, -0.2) is 0 Å². The zero-order valence-electron chi connectivity index (χ0n) is 30.3. The molecule has 49 heavy (non-hydrogen) atoms. The lowest BCUT2D eigenvalue weighted by molar-refractivity contribution is -0.343. The van der Waals surface area contributed by atoms with Crippen LogP contribution in [0.4, 0.5) is 0 Å². The van der Waals surface area contributed by atoms with E-state index in [1.807, 2.05) is 13.8 Å². The molecule has 0 aromatic carbocycles. The van der Waals surface area contributed by atoms with Gasteiger partial charge in [-0.1, -0.05) is 34.6 Å². The summed E-state index contributed by atoms with van der Waals surface area (Å²) in [6.07, 6.45) is -4.39.